The van der Waals surface area contributed by atoms with Crippen LogP contribution in [0.3, 0.4) is 0 Å². The number of alkyl halides is 6. The van der Waals surface area contributed by atoms with Gasteiger partial charge in [-0.2, -0.15) is 26.3 Å². The average Bonchev–Trinajstić information content (AvgIpc) is 3.46. The number of halogens is 6. The van der Waals surface area contributed by atoms with E-state index in [0.717, 1.165) is 32.5 Å². The number of piperidine rings is 1. The lowest BCUT2D eigenvalue weighted by atomic mass is 9.87. The van der Waals surface area contributed by atoms with Crippen LogP contribution in [0.5, 0.6) is 0 Å². The minimum atomic E-state index is -5.08. The second kappa shape index (κ2) is 12.4. The summed E-state index contributed by atoms with van der Waals surface area (Å²) in [7, 11) is 2.22. The number of hydrogen-bond acceptors (Lipinski definition) is 8. The largest absolute Gasteiger partial charge is 0.490 e. The number of nitrogens with zero attached hydrogens (tertiary/aromatic N) is 4. The van der Waals surface area contributed by atoms with Gasteiger partial charge in [0.1, 0.15) is 0 Å². The molecule has 4 rings (SSSR count). The van der Waals surface area contributed by atoms with Crippen molar-refractivity contribution in [1.82, 2.24) is 14.8 Å². The van der Waals surface area contributed by atoms with Gasteiger partial charge in [-0.3, -0.25) is 4.90 Å². The van der Waals surface area contributed by atoms with Crippen molar-refractivity contribution < 1.29 is 50.9 Å². The molecule has 1 aromatic rings. The van der Waals surface area contributed by atoms with Gasteiger partial charge >= 0.3 is 24.3 Å². The van der Waals surface area contributed by atoms with Gasteiger partial charge < -0.3 is 24.7 Å². The van der Waals surface area contributed by atoms with Crippen molar-refractivity contribution in [2.75, 3.05) is 57.8 Å². The summed E-state index contributed by atoms with van der Waals surface area (Å²) in [6.45, 7) is 7.90. The molecule has 1 unspecified atom stereocenters. The van der Waals surface area contributed by atoms with Gasteiger partial charge in [0.05, 0.1) is 12.2 Å². The Kier molecular flexibility index (Phi) is 10.3. The lowest BCUT2D eigenvalue weighted by Gasteiger charge is -2.39. The number of likely N-dealkylation sites (N-methyl/N-ethyl adjacent to an activating group) is 1. The third kappa shape index (κ3) is 9.05. The Balaban J connectivity index is 0.000000271. The summed E-state index contributed by atoms with van der Waals surface area (Å²) >= 11 is 1.74. The molecule has 0 aromatic carbocycles. The highest BCUT2D eigenvalue weighted by atomic mass is 32.1. The molecule has 0 radical (unpaired) electrons. The average molecular weight is 551 g/mol. The first-order chi connectivity index (χ1) is 16.6. The Morgan fingerprint density at radius 3 is 1.92 bits per heavy atom. The van der Waals surface area contributed by atoms with E-state index in [1.54, 1.807) is 11.3 Å². The van der Waals surface area contributed by atoms with Crippen LogP contribution in [0.1, 0.15) is 19.3 Å². The van der Waals surface area contributed by atoms with Crippen LogP contribution in [0.2, 0.25) is 0 Å². The fourth-order valence-electron chi connectivity index (χ4n) is 4.07. The Labute approximate surface area is 207 Å². The van der Waals surface area contributed by atoms with E-state index in [2.05, 4.69) is 32.1 Å². The first kappa shape index (κ1) is 30.1. The molecular formula is C20H28F6N4O5S. The summed E-state index contributed by atoms with van der Waals surface area (Å²) in [6, 6.07) is 0.639. The molecule has 16 heteroatoms. The Morgan fingerprint density at radius 2 is 1.50 bits per heavy atom. The van der Waals surface area contributed by atoms with Gasteiger partial charge in [0.25, 0.3) is 0 Å². The third-order valence-corrected chi connectivity index (χ3v) is 6.93. The van der Waals surface area contributed by atoms with Gasteiger partial charge in [0.2, 0.25) is 0 Å². The summed E-state index contributed by atoms with van der Waals surface area (Å²) in [6.07, 6.45) is -4.74. The molecule has 9 nitrogen and oxygen atoms in total. The van der Waals surface area contributed by atoms with E-state index in [1.807, 2.05) is 6.20 Å². The number of hydrogen-bond donors (Lipinski definition) is 2. The van der Waals surface area contributed by atoms with Crippen molar-refractivity contribution in [1.29, 1.82) is 0 Å². The lowest BCUT2D eigenvalue weighted by molar-refractivity contribution is -0.193. The summed E-state index contributed by atoms with van der Waals surface area (Å²) < 4.78 is 69.8. The maximum Gasteiger partial charge on any atom is 0.490 e. The molecule has 0 bridgehead atoms. The van der Waals surface area contributed by atoms with Gasteiger partial charge in [-0.1, -0.05) is 0 Å². The smallest absolute Gasteiger partial charge is 0.475 e. The van der Waals surface area contributed by atoms with Crippen LogP contribution in [-0.2, 0) is 14.3 Å². The van der Waals surface area contributed by atoms with E-state index in [9.17, 15) is 26.3 Å². The summed E-state index contributed by atoms with van der Waals surface area (Å²) in [5, 5.41) is 17.5. The molecule has 2 N–H and O–H groups in total. The number of thiazole rings is 1. The Morgan fingerprint density at radius 1 is 1.00 bits per heavy atom. The Bertz CT molecular complexity index is 815. The molecular weight excluding hydrogens is 522 g/mol. The number of piperazine rings is 1. The quantitative estimate of drug-likeness (QED) is 0.538. The van der Waals surface area contributed by atoms with E-state index in [-0.39, 0.29) is 5.60 Å². The molecule has 206 valence electrons. The number of ether oxygens (including phenoxy) is 1. The topological polar surface area (TPSA) is 106 Å². The number of carbonyl (C=O) groups is 2. The van der Waals surface area contributed by atoms with Gasteiger partial charge in [-0.25, -0.2) is 14.6 Å². The number of aromatic nitrogens is 1. The minimum Gasteiger partial charge on any atom is -0.475 e. The molecule has 1 atom stereocenters. The standard InChI is InChI=1S/C16H26N4OS.2C2HF3O2/c1-18-7-9-19(10-8-18)14-12-16(21-13-14)2-5-20(6-3-16)15-17-4-11-22-15;2*3-2(4,5)1(6)7/h4,11,14H,2-3,5-10,12-13H2,1H3;2*(H,6,7). The first-order valence-electron chi connectivity index (χ1n) is 10.9. The minimum absolute atomic E-state index is 0.141. The molecule has 4 heterocycles. The maximum absolute atomic E-state index is 10.6. The van der Waals surface area contributed by atoms with Crippen molar-refractivity contribution in [3.05, 3.63) is 11.6 Å². The Hall–Kier alpha value is -2.17. The van der Waals surface area contributed by atoms with Crippen LogP contribution in [0.4, 0.5) is 31.5 Å². The molecule has 0 aliphatic carbocycles. The zero-order valence-electron chi connectivity index (χ0n) is 19.4. The first-order valence-corrected chi connectivity index (χ1v) is 11.8. The SMILES string of the molecule is CN1CCN(C2COC3(CCN(c4nccs4)CC3)C2)CC1.O=C(O)C(F)(F)F.O=C(O)C(F)(F)F. The number of carboxylic acid groups (broad SMARTS) is 2. The fraction of sp³-hybridized carbons (Fsp3) is 0.750. The predicted octanol–water partition coefficient (Wildman–Crippen LogP) is 2.79. The van der Waals surface area contributed by atoms with Crippen LogP contribution < -0.4 is 4.90 Å². The number of aliphatic carboxylic acids is 2. The van der Waals surface area contributed by atoms with Crippen molar-refractivity contribution in [2.24, 2.45) is 0 Å². The molecule has 0 saturated carbocycles. The molecule has 0 amide bonds. The predicted molar refractivity (Wildman–Crippen MR) is 117 cm³/mol. The monoisotopic (exact) mass is 550 g/mol. The zero-order valence-corrected chi connectivity index (χ0v) is 20.2. The number of anilines is 1. The second-order valence-corrected chi connectivity index (χ2v) is 9.47. The van der Waals surface area contributed by atoms with Crippen molar-refractivity contribution in [3.8, 4) is 0 Å². The van der Waals surface area contributed by atoms with Crippen LogP contribution in [-0.4, -0.2) is 114 Å². The van der Waals surface area contributed by atoms with Crippen LogP contribution in [0.25, 0.3) is 0 Å². The van der Waals surface area contributed by atoms with Crippen LogP contribution in [0.15, 0.2) is 11.6 Å². The van der Waals surface area contributed by atoms with Crippen LogP contribution >= 0.6 is 11.3 Å². The third-order valence-electron chi connectivity index (χ3n) is 6.09. The van der Waals surface area contributed by atoms with Crippen molar-refractivity contribution in [2.45, 2.75) is 43.3 Å². The lowest BCUT2D eigenvalue weighted by Crippen LogP contribution is -2.50. The molecule has 1 aromatic heterocycles. The molecule has 3 fully saturated rings. The number of carboxylic acids is 2. The second-order valence-electron chi connectivity index (χ2n) is 8.60. The van der Waals surface area contributed by atoms with E-state index in [1.165, 1.54) is 37.7 Å². The highest BCUT2D eigenvalue weighted by molar-refractivity contribution is 7.13. The van der Waals surface area contributed by atoms with Crippen LogP contribution in [0, 0.1) is 0 Å². The molecule has 1 spiro atoms. The van der Waals surface area contributed by atoms with Gasteiger partial charge in [-0.05, 0) is 26.3 Å². The maximum atomic E-state index is 10.6. The zero-order chi connectivity index (χ0) is 27.1. The van der Waals surface area contributed by atoms with Crippen molar-refractivity contribution in [3.63, 3.8) is 0 Å². The van der Waals surface area contributed by atoms with Gasteiger partial charge in [0, 0.05) is 56.9 Å². The molecule has 3 aliphatic heterocycles. The van der Waals surface area contributed by atoms with Gasteiger partial charge in [-0.15, -0.1) is 11.3 Å². The summed E-state index contributed by atoms with van der Waals surface area (Å²) in [5.41, 5.74) is 0.141. The molecule has 3 saturated heterocycles. The highest BCUT2D eigenvalue weighted by Crippen LogP contribution is 2.39. The normalized spacial score (nSPS) is 22.9. The summed E-state index contributed by atoms with van der Waals surface area (Å²) in [4.78, 5) is 29.7. The number of rotatable bonds is 2. The van der Waals surface area contributed by atoms with Gasteiger partial charge in [0.15, 0.2) is 5.13 Å². The van der Waals surface area contributed by atoms with Crippen molar-refractivity contribution >= 4 is 28.4 Å². The van der Waals surface area contributed by atoms with E-state index >= 15 is 0 Å². The van der Waals surface area contributed by atoms with E-state index in [0.29, 0.717) is 6.04 Å². The fourth-order valence-corrected chi connectivity index (χ4v) is 4.76. The molecule has 36 heavy (non-hydrogen) atoms. The van der Waals surface area contributed by atoms with E-state index in [4.69, 9.17) is 24.5 Å². The molecule has 3 aliphatic rings. The highest BCUT2D eigenvalue weighted by Gasteiger charge is 2.45. The summed E-state index contributed by atoms with van der Waals surface area (Å²) in [5.74, 6) is -5.51. The van der Waals surface area contributed by atoms with E-state index < -0.39 is 24.3 Å².